The van der Waals surface area contributed by atoms with Gasteiger partial charge in [0.25, 0.3) is 5.91 Å². The van der Waals surface area contributed by atoms with Crippen molar-refractivity contribution in [3.8, 4) is 0 Å². The summed E-state index contributed by atoms with van der Waals surface area (Å²) >= 11 is 0. The van der Waals surface area contributed by atoms with Crippen molar-refractivity contribution in [2.24, 2.45) is 0 Å². The molecule has 2 aromatic carbocycles. The third-order valence-corrected chi connectivity index (χ3v) is 6.18. The lowest BCUT2D eigenvalue weighted by atomic mass is 10.1. The lowest BCUT2D eigenvalue weighted by Crippen LogP contribution is -2.37. The summed E-state index contributed by atoms with van der Waals surface area (Å²) in [6, 6.07) is 16.7. The standard InChI is InChI=1S/C19H22N2O3S/c22-19(20-13-12-16-6-2-1-3-7-16)17-8-10-18(11-9-17)21-14-4-5-15-25(21,23)24/h1-3,6-11H,4-5,12-15H2,(H,20,22). The minimum Gasteiger partial charge on any atom is -0.352 e. The second-order valence-electron chi connectivity index (χ2n) is 6.13. The number of benzene rings is 2. The predicted molar refractivity (Wildman–Crippen MR) is 99.3 cm³/mol. The number of nitrogens with one attached hydrogen (secondary N) is 1. The highest BCUT2D eigenvalue weighted by molar-refractivity contribution is 7.92. The molecule has 2 aromatic rings. The van der Waals surface area contributed by atoms with Crippen molar-refractivity contribution < 1.29 is 13.2 Å². The molecular weight excluding hydrogens is 336 g/mol. The van der Waals surface area contributed by atoms with E-state index in [1.807, 2.05) is 30.3 Å². The van der Waals surface area contributed by atoms with Crippen molar-refractivity contribution in [2.75, 3.05) is 23.1 Å². The number of rotatable bonds is 5. The van der Waals surface area contributed by atoms with Gasteiger partial charge < -0.3 is 5.32 Å². The number of amides is 1. The lowest BCUT2D eigenvalue weighted by Gasteiger charge is -2.28. The van der Waals surface area contributed by atoms with Crippen LogP contribution in [0.25, 0.3) is 0 Å². The van der Waals surface area contributed by atoms with Crippen LogP contribution >= 0.6 is 0 Å². The van der Waals surface area contributed by atoms with E-state index in [-0.39, 0.29) is 11.7 Å². The average Bonchev–Trinajstić information content (AvgIpc) is 2.62. The van der Waals surface area contributed by atoms with Crippen LogP contribution in [0.3, 0.4) is 0 Å². The third kappa shape index (κ3) is 4.39. The first-order valence-electron chi connectivity index (χ1n) is 8.49. The maximum absolute atomic E-state index is 12.2. The van der Waals surface area contributed by atoms with Gasteiger partial charge in [0, 0.05) is 18.7 Å². The van der Waals surface area contributed by atoms with Crippen molar-refractivity contribution in [1.29, 1.82) is 0 Å². The maximum Gasteiger partial charge on any atom is 0.251 e. The molecule has 1 heterocycles. The Hall–Kier alpha value is -2.34. The Morgan fingerprint density at radius 2 is 1.72 bits per heavy atom. The summed E-state index contributed by atoms with van der Waals surface area (Å²) in [7, 11) is -3.22. The van der Waals surface area contributed by atoms with Crippen molar-refractivity contribution in [3.63, 3.8) is 0 Å². The van der Waals surface area contributed by atoms with Gasteiger partial charge in [-0.05, 0) is 49.1 Å². The molecule has 1 N–H and O–H groups in total. The van der Waals surface area contributed by atoms with Crippen LogP contribution in [0.15, 0.2) is 54.6 Å². The van der Waals surface area contributed by atoms with E-state index in [9.17, 15) is 13.2 Å². The van der Waals surface area contributed by atoms with Crippen LogP contribution in [0.1, 0.15) is 28.8 Å². The van der Waals surface area contributed by atoms with E-state index in [4.69, 9.17) is 0 Å². The molecular formula is C19H22N2O3S. The van der Waals surface area contributed by atoms with Crippen molar-refractivity contribution in [3.05, 3.63) is 65.7 Å². The molecule has 0 bridgehead atoms. The fourth-order valence-electron chi connectivity index (χ4n) is 2.93. The third-order valence-electron chi connectivity index (χ3n) is 4.31. The molecule has 1 fully saturated rings. The Morgan fingerprint density at radius 3 is 2.40 bits per heavy atom. The zero-order chi connectivity index (χ0) is 17.7. The first kappa shape index (κ1) is 17.5. The van der Waals surface area contributed by atoms with E-state index in [0.29, 0.717) is 30.8 Å². The van der Waals surface area contributed by atoms with Crippen LogP contribution in [0.2, 0.25) is 0 Å². The largest absolute Gasteiger partial charge is 0.352 e. The maximum atomic E-state index is 12.2. The summed E-state index contributed by atoms with van der Waals surface area (Å²) < 4.78 is 25.7. The molecule has 1 saturated heterocycles. The van der Waals surface area contributed by atoms with E-state index < -0.39 is 10.0 Å². The lowest BCUT2D eigenvalue weighted by molar-refractivity contribution is 0.0954. The molecule has 0 atom stereocenters. The summed E-state index contributed by atoms with van der Waals surface area (Å²) in [5.74, 6) is 0.0401. The number of carbonyl (C=O) groups excluding carboxylic acids is 1. The first-order chi connectivity index (χ1) is 12.1. The molecule has 3 rings (SSSR count). The fraction of sp³-hybridized carbons (Fsp3) is 0.316. The highest BCUT2D eigenvalue weighted by Crippen LogP contribution is 2.23. The summed E-state index contributed by atoms with van der Waals surface area (Å²) in [5, 5.41) is 2.89. The number of hydrogen-bond acceptors (Lipinski definition) is 3. The molecule has 0 saturated carbocycles. The molecule has 1 aliphatic rings. The molecule has 6 heteroatoms. The van der Waals surface area contributed by atoms with Gasteiger partial charge in [-0.25, -0.2) is 8.42 Å². The average molecular weight is 358 g/mol. The van der Waals surface area contributed by atoms with Crippen LogP contribution in [0, 0.1) is 0 Å². The summed E-state index contributed by atoms with van der Waals surface area (Å²) in [6.45, 7) is 1.07. The fourth-order valence-corrected chi connectivity index (χ4v) is 4.56. The highest BCUT2D eigenvalue weighted by Gasteiger charge is 2.25. The van der Waals surface area contributed by atoms with Crippen LogP contribution in [0.5, 0.6) is 0 Å². The van der Waals surface area contributed by atoms with Gasteiger partial charge in [0.1, 0.15) is 0 Å². The van der Waals surface area contributed by atoms with Crippen LogP contribution in [0.4, 0.5) is 5.69 Å². The molecule has 1 aliphatic heterocycles. The smallest absolute Gasteiger partial charge is 0.251 e. The molecule has 1 amide bonds. The van der Waals surface area contributed by atoms with Crippen LogP contribution in [-0.2, 0) is 16.4 Å². The number of nitrogens with zero attached hydrogens (tertiary/aromatic N) is 1. The Labute approximate surface area is 148 Å². The Bertz CT molecular complexity index is 818. The predicted octanol–water partition coefficient (Wildman–Crippen LogP) is 2.59. The summed E-state index contributed by atoms with van der Waals surface area (Å²) in [5.41, 5.74) is 2.33. The van der Waals surface area contributed by atoms with Gasteiger partial charge in [-0.15, -0.1) is 0 Å². The van der Waals surface area contributed by atoms with Gasteiger partial charge in [-0.1, -0.05) is 30.3 Å². The monoisotopic (exact) mass is 358 g/mol. The van der Waals surface area contributed by atoms with Gasteiger partial charge in [0.15, 0.2) is 0 Å². The molecule has 25 heavy (non-hydrogen) atoms. The number of anilines is 1. The van der Waals surface area contributed by atoms with Gasteiger partial charge in [-0.3, -0.25) is 9.10 Å². The molecule has 0 unspecified atom stereocenters. The summed E-state index contributed by atoms with van der Waals surface area (Å²) in [4.78, 5) is 12.2. The summed E-state index contributed by atoms with van der Waals surface area (Å²) in [6.07, 6.45) is 2.35. The zero-order valence-electron chi connectivity index (χ0n) is 14.0. The quantitative estimate of drug-likeness (QED) is 0.893. The Morgan fingerprint density at radius 1 is 1.00 bits per heavy atom. The van der Waals surface area contributed by atoms with E-state index >= 15 is 0 Å². The SMILES string of the molecule is O=C(NCCc1ccccc1)c1ccc(N2CCCCS2(=O)=O)cc1. The first-order valence-corrected chi connectivity index (χ1v) is 10.1. The molecule has 5 nitrogen and oxygen atoms in total. The van der Waals surface area contributed by atoms with Crippen LogP contribution < -0.4 is 9.62 Å². The number of hydrogen-bond donors (Lipinski definition) is 1. The van der Waals surface area contributed by atoms with E-state index in [2.05, 4.69) is 5.32 Å². The highest BCUT2D eigenvalue weighted by atomic mass is 32.2. The van der Waals surface area contributed by atoms with Gasteiger partial charge in [0.2, 0.25) is 10.0 Å². The van der Waals surface area contributed by atoms with E-state index in [1.165, 1.54) is 9.87 Å². The van der Waals surface area contributed by atoms with Gasteiger partial charge in [-0.2, -0.15) is 0 Å². The minimum atomic E-state index is -3.22. The topological polar surface area (TPSA) is 66.5 Å². The number of sulfonamides is 1. The van der Waals surface area contributed by atoms with E-state index in [1.54, 1.807) is 24.3 Å². The Balaban J connectivity index is 1.59. The molecule has 0 spiro atoms. The normalized spacial score (nSPS) is 16.4. The molecule has 0 aromatic heterocycles. The number of carbonyl (C=O) groups is 1. The van der Waals surface area contributed by atoms with Gasteiger partial charge >= 0.3 is 0 Å². The van der Waals surface area contributed by atoms with Crippen molar-refractivity contribution >= 4 is 21.6 Å². The zero-order valence-corrected chi connectivity index (χ0v) is 14.8. The van der Waals surface area contributed by atoms with Crippen molar-refractivity contribution in [1.82, 2.24) is 5.32 Å². The van der Waals surface area contributed by atoms with E-state index in [0.717, 1.165) is 12.8 Å². The molecule has 0 radical (unpaired) electrons. The second kappa shape index (κ2) is 7.70. The minimum absolute atomic E-state index is 0.149. The van der Waals surface area contributed by atoms with Gasteiger partial charge in [0.05, 0.1) is 11.4 Å². The van der Waals surface area contributed by atoms with Crippen molar-refractivity contribution in [2.45, 2.75) is 19.3 Å². The van der Waals surface area contributed by atoms with Crippen LogP contribution in [-0.4, -0.2) is 33.2 Å². The molecule has 132 valence electrons. The Kier molecular flexibility index (Phi) is 5.38. The molecule has 0 aliphatic carbocycles. The second-order valence-corrected chi connectivity index (χ2v) is 8.15.